The smallest absolute Gasteiger partial charge is 0.0622 e. The van der Waals surface area contributed by atoms with Crippen LogP contribution >= 0.6 is 11.3 Å². The first-order valence-electron chi connectivity index (χ1n) is 8.04. The van der Waals surface area contributed by atoms with E-state index in [9.17, 15) is 0 Å². The minimum atomic E-state index is 1.25. The Morgan fingerprint density at radius 2 is 0.750 bits per heavy atom. The molecule has 3 aromatic carbocycles. The van der Waals surface area contributed by atoms with Crippen molar-refractivity contribution >= 4 is 11.3 Å². The van der Waals surface area contributed by atoms with E-state index >= 15 is 0 Å². The fourth-order valence-corrected chi connectivity index (χ4v) is 3.90. The van der Waals surface area contributed by atoms with Crippen LogP contribution in [0, 0.1) is 0 Å². The quantitative estimate of drug-likeness (QED) is 0.355. The molecule has 0 fully saturated rings. The molecule has 0 aliphatic heterocycles. The van der Waals surface area contributed by atoms with E-state index in [4.69, 9.17) is 0 Å². The molecule has 0 atom stereocenters. The molecule has 4 rings (SSSR count). The van der Waals surface area contributed by atoms with Gasteiger partial charge >= 0.3 is 0 Å². The van der Waals surface area contributed by atoms with Crippen molar-refractivity contribution in [3.05, 3.63) is 103 Å². The molecule has 1 heteroatoms. The average molecular weight is 325 g/mol. The van der Waals surface area contributed by atoms with Gasteiger partial charge in [0.05, 0.1) is 0 Å². The van der Waals surface area contributed by atoms with Gasteiger partial charge in [0.25, 0.3) is 0 Å². The van der Waals surface area contributed by atoms with Crippen LogP contribution in [0.1, 0.15) is 0 Å². The zero-order valence-corrected chi connectivity index (χ0v) is 14.0. The van der Waals surface area contributed by atoms with Crippen molar-refractivity contribution in [2.75, 3.05) is 0 Å². The lowest BCUT2D eigenvalue weighted by atomic mass is 10.0. The first kappa shape index (κ1) is 14.8. The predicted molar refractivity (Wildman–Crippen MR) is 105 cm³/mol. The second-order valence-corrected chi connectivity index (χ2v) is 6.76. The van der Waals surface area contributed by atoms with Gasteiger partial charge in [0.1, 0.15) is 0 Å². The van der Waals surface area contributed by atoms with Crippen LogP contribution in [0.25, 0.3) is 32.0 Å². The summed E-state index contributed by atoms with van der Waals surface area (Å²) in [5.41, 5.74) is 5.03. The Morgan fingerprint density at radius 1 is 0.375 bits per heavy atom. The third-order valence-corrected chi connectivity index (χ3v) is 5.16. The van der Waals surface area contributed by atoms with E-state index in [1.807, 2.05) is 11.3 Å². The number of hydrogen-bond donors (Lipinski definition) is 0. The summed E-state index contributed by atoms with van der Waals surface area (Å²) in [4.78, 5) is 2.58. The maximum atomic E-state index is 2.29. The number of benzene rings is 3. The molecule has 0 spiro atoms. The van der Waals surface area contributed by atoms with Crippen LogP contribution in [0.15, 0.2) is 103 Å². The lowest BCUT2D eigenvalue weighted by molar-refractivity contribution is 1.63. The lowest BCUT2D eigenvalue weighted by Crippen LogP contribution is -1.83. The Hall–Kier alpha value is -2.77. The van der Waals surface area contributed by atoms with E-state index in [0.29, 0.717) is 0 Å². The second kappa shape index (κ2) is 6.77. The monoisotopic (exact) mass is 325 g/mol. The van der Waals surface area contributed by atoms with Crippen LogP contribution in [0.2, 0.25) is 0 Å². The Balaban J connectivity index is 1.92. The first-order valence-corrected chi connectivity index (χ1v) is 8.86. The predicted octanol–water partition coefficient (Wildman–Crippen LogP) is 7.03. The molecule has 0 nitrogen and oxygen atoms in total. The minimum Gasteiger partial charge on any atom is -0.0622 e. The normalized spacial score (nSPS) is 10.5. The Kier molecular flexibility index (Phi) is 4.18. The molecule has 0 aliphatic carbocycles. The van der Waals surface area contributed by atoms with Crippen LogP contribution in [-0.2, 0) is 0 Å². The number of rotatable bonds is 3. The highest BCUT2D eigenvalue weighted by atomic mass is 32.1. The largest absolute Gasteiger partial charge is 0.239 e. The fourth-order valence-electron chi connectivity index (χ4n) is 2.79. The van der Waals surface area contributed by atoms with Gasteiger partial charge in [-0.1, -0.05) is 66.7 Å². The molecule has 114 valence electrons. The third-order valence-electron chi connectivity index (χ3n) is 4.02. The Bertz CT molecular complexity index is 790. The second-order valence-electron chi connectivity index (χ2n) is 5.67. The molecule has 0 N–H and O–H groups in total. The zero-order valence-electron chi connectivity index (χ0n) is 13.2. The van der Waals surface area contributed by atoms with E-state index in [2.05, 4.69) is 103 Å². The molecule has 0 bridgehead atoms. The fraction of sp³-hybridized carbons (Fsp3) is 0. The molecular weight excluding hydrogens is 308 g/mol. The van der Waals surface area contributed by atoms with Gasteiger partial charge in [-0.15, -0.1) is 0 Å². The topological polar surface area (TPSA) is 0 Å². The molecule has 4 aromatic rings. The number of hydrogen-bond acceptors (Lipinski definition) is 0. The molecule has 1 heterocycles. The van der Waals surface area contributed by atoms with E-state index in [0.717, 1.165) is 0 Å². The summed E-state index contributed by atoms with van der Waals surface area (Å²) in [5, 5.41) is 0. The third kappa shape index (κ3) is 3.12. The summed E-state index contributed by atoms with van der Waals surface area (Å²) in [7, 11) is 0. The van der Waals surface area contributed by atoms with Crippen molar-refractivity contribution in [2.45, 2.75) is 0 Å². The highest BCUT2D eigenvalue weighted by molar-refractivity contribution is 7.18. The van der Waals surface area contributed by atoms with Crippen molar-refractivity contribution < 1.29 is 0 Å². The summed E-state index contributed by atoms with van der Waals surface area (Å²) >= 11 is 1.84. The van der Waals surface area contributed by atoms with Crippen LogP contribution < -0.4 is 0 Å². The van der Waals surface area contributed by atoms with Crippen LogP contribution in [-0.4, -0.2) is 0 Å². The molecule has 0 unspecified atom stereocenters. The van der Waals surface area contributed by atoms with Crippen LogP contribution in [0.5, 0.6) is 0 Å². The maximum absolute atomic E-state index is 2.29. The van der Waals surface area contributed by atoms with Gasteiger partial charge in [0, 0.05) is 23.3 Å². The highest BCUT2D eigenvalue weighted by Gasteiger charge is 2.18. The van der Waals surface area contributed by atoms with E-state index in [1.165, 1.54) is 32.0 Å². The lowest BCUT2D eigenvalue weighted by Gasteiger charge is -2.02. The van der Waals surface area contributed by atoms with Gasteiger partial charge in [-0.25, -0.2) is 0 Å². The molecule has 0 saturated carbocycles. The molecule has 0 aliphatic rings. The molecule has 0 saturated heterocycles. The van der Waals surface area contributed by atoms with Crippen molar-refractivity contribution in [1.82, 2.24) is 0 Å². The van der Waals surface area contributed by atoms with Crippen molar-refractivity contribution in [3.8, 4) is 32.0 Å². The van der Waals surface area contributed by atoms with Crippen LogP contribution in [0.3, 0.4) is 0 Å². The first-order chi connectivity index (χ1) is 11.9. The van der Waals surface area contributed by atoms with E-state index in [-0.39, 0.29) is 0 Å². The van der Waals surface area contributed by atoms with Gasteiger partial charge in [0.2, 0.25) is 21.1 Å². The van der Waals surface area contributed by atoms with Crippen molar-refractivity contribution in [3.63, 3.8) is 0 Å². The van der Waals surface area contributed by atoms with Gasteiger partial charge in [-0.05, 0) is 35.4 Å². The molecule has 1 aromatic heterocycles. The van der Waals surface area contributed by atoms with Crippen molar-refractivity contribution in [2.24, 2.45) is 0 Å². The molecule has 24 heavy (non-hydrogen) atoms. The highest BCUT2D eigenvalue weighted by Crippen LogP contribution is 2.37. The summed E-state index contributed by atoms with van der Waals surface area (Å²) in [6, 6.07) is 36.4. The summed E-state index contributed by atoms with van der Waals surface area (Å²) in [6.45, 7) is 0. The molecular formula is C23H17S+. The molecule has 0 radical (unpaired) electrons. The molecule has 0 amide bonds. The van der Waals surface area contributed by atoms with Crippen LogP contribution in [0.4, 0.5) is 0 Å². The van der Waals surface area contributed by atoms with E-state index in [1.54, 1.807) is 0 Å². The zero-order chi connectivity index (χ0) is 16.2. The summed E-state index contributed by atoms with van der Waals surface area (Å²) < 4.78 is 0. The van der Waals surface area contributed by atoms with Gasteiger partial charge in [-0.2, -0.15) is 0 Å². The minimum absolute atomic E-state index is 1.25. The maximum Gasteiger partial charge on any atom is 0.239 e. The standard InChI is InChI=1S/C23H17S/c1-4-10-18(11-5-1)21-16-22(19-12-6-2-7-13-19)24-23(17-21)20-14-8-3-9-15-20/h1-17H/q+1. The Morgan fingerprint density at radius 3 is 1.17 bits per heavy atom. The van der Waals surface area contributed by atoms with Crippen molar-refractivity contribution in [1.29, 1.82) is 0 Å². The Labute approximate surface area is 146 Å². The average Bonchev–Trinajstić information content (AvgIpc) is 2.70. The van der Waals surface area contributed by atoms with Gasteiger partial charge in [-0.3, -0.25) is 0 Å². The van der Waals surface area contributed by atoms with E-state index < -0.39 is 0 Å². The SMILES string of the molecule is c1ccc(-c2cc(-c3ccccc3)[s+]c(-c3ccccc3)c2)cc1. The summed E-state index contributed by atoms with van der Waals surface area (Å²) in [6.07, 6.45) is 0. The summed E-state index contributed by atoms with van der Waals surface area (Å²) in [5.74, 6) is 0. The van der Waals surface area contributed by atoms with Gasteiger partial charge in [0.15, 0.2) is 0 Å². The van der Waals surface area contributed by atoms with Gasteiger partial charge < -0.3 is 0 Å².